The summed E-state index contributed by atoms with van der Waals surface area (Å²) in [6.45, 7) is 8.85. The van der Waals surface area contributed by atoms with E-state index in [1.165, 1.54) is 0 Å². The number of unbranched alkanes of at least 4 members (excludes halogenated alkanes) is 2. The summed E-state index contributed by atoms with van der Waals surface area (Å²) in [5, 5.41) is 8.50. The normalized spacial score (nSPS) is 11.7. The van der Waals surface area contributed by atoms with Crippen molar-refractivity contribution >= 4 is 5.97 Å². The molecule has 5 nitrogen and oxygen atoms in total. The van der Waals surface area contributed by atoms with Crippen molar-refractivity contribution in [2.45, 2.75) is 52.2 Å². The Kier molecular flexibility index (Phi) is 11.8. The lowest BCUT2D eigenvalue weighted by atomic mass is 10.3. The van der Waals surface area contributed by atoms with Crippen LogP contribution in [0.25, 0.3) is 0 Å². The molecule has 0 bridgehead atoms. The Morgan fingerprint density at radius 2 is 1.85 bits per heavy atom. The predicted molar refractivity (Wildman–Crippen MR) is 75.8 cm³/mol. The van der Waals surface area contributed by atoms with Gasteiger partial charge in [0.15, 0.2) is 6.29 Å². The summed E-state index contributed by atoms with van der Waals surface area (Å²) in [5.74, 6) is -0.687. The third-order valence-corrected chi connectivity index (χ3v) is 2.53. The van der Waals surface area contributed by atoms with E-state index >= 15 is 0 Å². The van der Waals surface area contributed by atoms with Crippen molar-refractivity contribution in [2.24, 2.45) is 0 Å². The van der Waals surface area contributed by atoms with Gasteiger partial charge in [0.25, 0.3) is 0 Å². The zero-order chi connectivity index (χ0) is 15.2. The number of nitriles is 1. The van der Waals surface area contributed by atoms with Crippen molar-refractivity contribution < 1.29 is 19.0 Å². The molecular formula is C15H25NO4. The van der Waals surface area contributed by atoms with Crippen LogP contribution in [0.3, 0.4) is 0 Å². The summed E-state index contributed by atoms with van der Waals surface area (Å²) in [6.07, 6.45) is 4.24. The fourth-order valence-corrected chi connectivity index (χ4v) is 1.41. The molecule has 0 fully saturated rings. The number of carbonyl (C=O) groups excluding carboxylic acids is 1. The number of hydrogen-bond acceptors (Lipinski definition) is 5. The lowest BCUT2D eigenvalue weighted by Crippen LogP contribution is -2.22. The van der Waals surface area contributed by atoms with Gasteiger partial charge in [-0.1, -0.05) is 33.3 Å². The Morgan fingerprint density at radius 3 is 2.45 bits per heavy atom. The first-order chi connectivity index (χ1) is 9.65. The summed E-state index contributed by atoms with van der Waals surface area (Å²) in [5.41, 5.74) is -0.195. The fourth-order valence-electron chi connectivity index (χ4n) is 1.41. The van der Waals surface area contributed by atoms with Gasteiger partial charge in [-0.25, -0.2) is 4.79 Å². The molecule has 0 heterocycles. The third-order valence-electron chi connectivity index (χ3n) is 2.53. The quantitative estimate of drug-likeness (QED) is 0.181. The van der Waals surface area contributed by atoms with Crippen LogP contribution in [0.1, 0.15) is 46.0 Å². The molecule has 1 unspecified atom stereocenters. The van der Waals surface area contributed by atoms with Crippen LogP contribution in [0.15, 0.2) is 12.2 Å². The zero-order valence-electron chi connectivity index (χ0n) is 12.5. The van der Waals surface area contributed by atoms with E-state index in [-0.39, 0.29) is 18.5 Å². The summed E-state index contributed by atoms with van der Waals surface area (Å²) in [6, 6.07) is 1.65. The van der Waals surface area contributed by atoms with Crippen molar-refractivity contribution in [3.05, 3.63) is 12.2 Å². The second-order valence-electron chi connectivity index (χ2n) is 4.39. The van der Waals surface area contributed by atoms with Crippen molar-refractivity contribution in [1.29, 1.82) is 5.26 Å². The van der Waals surface area contributed by atoms with Gasteiger partial charge in [0.05, 0.1) is 6.61 Å². The molecule has 0 aromatic rings. The fraction of sp³-hybridized carbons (Fsp3) is 0.733. The van der Waals surface area contributed by atoms with Crippen molar-refractivity contribution in [3.63, 3.8) is 0 Å². The molecule has 0 aliphatic carbocycles. The molecular weight excluding hydrogens is 258 g/mol. The smallest absolute Gasteiger partial charge is 0.348 e. The van der Waals surface area contributed by atoms with Gasteiger partial charge < -0.3 is 14.2 Å². The van der Waals surface area contributed by atoms with E-state index in [0.717, 1.165) is 25.7 Å². The number of esters is 1. The standard InChI is InChI=1S/C15H25NO4/c1-4-6-7-10-19-14(18-9-5-2)8-11-20-15(17)13(3)12-16/h14H,3-11H2,1-2H3. The Balaban J connectivity index is 3.93. The molecule has 0 rings (SSSR count). The van der Waals surface area contributed by atoms with Gasteiger partial charge in [-0.3, -0.25) is 0 Å². The molecule has 0 saturated heterocycles. The Bertz CT molecular complexity index is 322. The zero-order valence-corrected chi connectivity index (χ0v) is 12.5. The first-order valence-electron chi connectivity index (χ1n) is 7.15. The largest absolute Gasteiger partial charge is 0.461 e. The van der Waals surface area contributed by atoms with E-state index in [1.54, 1.807) is 6.07 Å². The molecule has 0 aliphatic heterocycles. The van der Waals surface area contributed by atoms with Crippen LogP contribution in [0.4, 0.5) is 0 Å². The van der Waals surface area contributed by atoms with Crippen molar-refractivity contribution in [1.82, 2.24) is 0 Å². The maximum absolute atomic E-state index is 11.2. The van der Waals surface area contributed by atoms with E-state index in [9.17, 15) is 4.79 Å². The minimum Gasteiger partial charge on any atom is -0.461 e. The summed E-state index contributed by atoms with van der Waals surface area (Å²) in [4.78, 5) is 11.2. The number of ether oxygens (including phenoxy) is 3. The van der Waals surface area contributed by atoms with Crippen LogP contribution >= 0.6 is 0 Å². The molecule has 0 aromatic carbocycles. The molecule has 1 atom stereocenters. The number of rotatable bonds is 12. The first-order valence-corrected chi connectivity index (χ1v) is 7.15. The molecule has 0 spiro atoms. The molecule has 0 amide bonds. The Hall–Kier alpha value is -1.38. The van der Waals surface area contributed by atoms with Gasteiger partial charge in [-0.2, -0.15) is 5.26 Å². The highest BCUT2D eigenvalue weighted by Gasteiger charge is 2.12. The molecule has 20 heavy (non-hydrogen) atoms. The molecule has 0 aliphatic rings. The average molecular weight is 283 g/mol. The maximum Gasteiger partial charge on any atom is 0.348 e. The van der Waals surface area contributed by atoms with Gasteiger partial charge in [0.1, 0.15) is 11.6 Å². The third kappa shape index (κ3) is 9.54. The van der Waals surface area contributed by atoms with E-state index in [2.05, 4.69) is 13.5 Å². The second kappa shape index (κ2) is 12.6. The monoisotopic (exact) mass is 283 g/mol. The van der Waals surface area contributed by atoms with Crippen LogP contribution < -0.4 is 0 Å². The van der Waals surface area contributed by atoms with Crippen molar-refractivity contribution in [3.8, 4) is 6.07 Å². The highest BCUT2D eigenvalue weighted by atomic mass is 16.7. The lowest BCUT2D eigenvalue weighted by molar-refractivity contribution is -0.159. The number of hydrogen-bond donors (Lipinski definition) is 0. The highest BCUT2D eigenvalue weighted by Crippen LogP contribution is 2.06. The van der Waals surface area contributed by atoms with Crippen LogP contribution in [-0.4, -0.2) is 32.1 Å². The van der Waals surface area contributed by atoms with Crippen LogP contribution in [0.5, 0.6) is 0 Å². The Morgan fingerprint density at radius 1 is 1.15 bits per heavy atom. The average Bonchev–Trinajstić information content (AvgIpc) is 2.47. The molecule has 0 N–H and O–H groups in total. The summed E-state index contributed by atoms with van der Waals surface area (Å²) in [7, 11) is 0. The Labute approximate surface area is 121 Å². The summed E-state index contributed by atoms with van der Waals surface area (Å²) >= 11 is 0. The minimum atomic E-state index is -0.687. The first kappa shape index (κ1) is 18.6. The van der Waals surface area contributed by atoms with Gasteiger partial charge >= 0.3 is 5.97 Å². The maximum atomic E-state index is 11.2. The highest BCUT2D eigenvalue weighted by molar-refractivity contribution is 5.91. The van der Waals surface area contributed by atoms with Gasteiger partial charge in [0.2, 0.25) is 0 Å². The topological polar surface area (TPSA) is 68.6 Å². The van der Waals surface area contributed by atoms with E-state index in [0.29, 0.717) is 19.6 Å². The molecule has 114 valence electrons. The van der Waals surface area contributed by atoms with Gasteiger partial charge in [-0.15, -0.1) is 0 Å². The van der Waals surface area contributed by atoms with Gasteiger partial charge in [0, 0.05) is 19.6 Å². The van der Waals surface area contributed by atoms with E-state index in [1.807, 2.05) is 6.92 Å². The van der Waals surface area contributed by atoms with Crippen molar-refractivity contribution in [2.75, 3.05) is 19.8 Å². The lowest BCUT2D eigenvalue weighted by Gasteiger charge is -2.18. The van der Waals surface area contributed by atoms with E-state index < -0.39 is 5.97 Å². The SMILES string of the molecule is C=C(C#N)C(=O)OCCC(OCCC)OCCCCC. The molecule has 0 saturated carbocycles. The van der Waals surface area contributed by atoms with Crippen LogP contribution in [0, 0.1) is 11.3 Å². The molecule has 0 radical (unpaired) electrons. The minimum absolute atomic E-state index is 0.154. The number of nitrogens with zero attached hydrogens (tertiary/aromatic N) is 1. The second-order valence-corrected chi connectivity index (χ2v) is 4.39. The predicted octanol–water partition coefficient (Wildman–Crippen LogP) is 2.96. The summed E-state index contributed by atoms with van der Waals surface area (Å²) < 4.78 is 16.1. The van der Waals surface area contributed by atoms with Crippen LogP contribution in [-0.2, 0) is 19.0 Å². The van der Waals surface area contributed by atoms with E-state index in [4.69, 9.17) is 19.5 Å². The van der Waals surface area contributed by atoms with Gasteiger partial charge in [-0.05, 0) is 12.8 Å². The number of carbonyl (C=O) groups is 1. The van der Waals surface area contributed by atoms with Crippen LogP contribution in [0.2, 0.25) is 0 Å². The molecule has 0 aromatic heterocycles. The molecule has 5 heteroatoms.